The average Bonchev–Trinajstić information content (AvgIpc) is 3.06. The largest absolute Gasteiger partial charge is 0.339 e. The molecule has 6 nitrogen and oxygen atoms in total. The van der Waals surface area contributed by atoms with Gasteiger partial charge >= 0.3 is 0 Å². The van der Waals surface area contributed by atoms with E-state index in [1.807, 2.05) is 48.0 Å². The summed E-state index contributed by atoms with van der Waals surface area (Å²) in [6.45, 7) is 7.39. The summed E-state index contributed by atoms with van der Waals surface area (Å²) in [5.41, 5.74) is 0.967. The zero-order chi connectivity index (χ0) is 17.1. The first-order chi connectivity index (χ1) is 11.6. The smallest absolute Gasteiger partial charge is 0.229 e. The third-order valence-corrected chi connectivity index (χ3v) is 4.92. The predicted molar refractivity (Wildman–Crippen MR) is 92.4 cm³/mol. The van der Waals surface area contributed by atoms with Gasteiger partial charge in [0.15, 0.2) is 0 Å². The molecule has 1 aliphatic rings. The third kappa shape index (κ3) is 3.19. The predicted octanol–water partition coefficient (Wildman–Crippen LogP) is 1.82. The van der Waals surface area contributed by atoms with Crippen LogP contribution in [0.3, 0.4) is 0 Å². The van der Waals surface area contributed by atoms with Crippen LogP contribution >= 0.6 is 0 Å². The fourth-order valence-corrected chi connectivity index (χ4v) is 3.39. The zero-order valence-corrected chi connectivity index (χ0v) is 14.6. The minimum atomic E-state index is -0.172. The molecule has 0 spiro atoms. The number of amides is 1. The van der Waals surface area contributed by atoms with Gasteiger partial charge in [-0.25, -0.2) is 4.98 Å². The maximum absolute atomic E-state index is 12.9. The van der Waals surface area contributed by atoms with E-state index in [1.54, 1.807) is 12.4 Å². The van der Waals surface area contributed by atoms with Crippen LogP contribution in [0.25, 0.3) is 0 Å². The minimum absolute atomic E-state index is 0.147. The lowest BCUT2D eigenvalue weighted by atomic mass is 10.0. The molecule has 1 aliphatic heterocycles. The van der Waals surface area contributed by atoms with Crippen molar-refractivity contribution in [3.63, 3.8) is 0 Å². The molecule has 128 valence electrons. The van der Waals surface area contributed by atoms with E-state index in [2.05, 4.69) is 21.8 Å². The molecule has 6 heteroatoms. The Hall–Kier alpha value is -2.21. The zero-order valence-electron chi connectivity index (χ0n) is 14.6. The van der Waals surface area contributed by atoms with Crippen LogP contribution in [0.2, 0.25) is 0 Å². The topological polar surface area (TPSA) is 54.3 Å². The molecule has 1 amide bonds. The average molecular weight is 327 g/mol. The van der Waals surface area contributed by atoms with Crippen LogP contribution in [0.5, 0.6) is 0 Å². The van der Waals surface area contributed by atoms with E-state index in [-0.39, 0.29) is 17.9 Å². The van der Waals surface area contributed by atoms with Gasteiger partial charge in [-0.15, -0.1) is 0 Å². The van der Waals surface area contributed by atoms with Crippen LogP contribution in [-0.2, 0) is 11.8 Å². The molecule has 2 atom stereocenters. The standard InChI is InChI=1S/C18H25N5O/c1-4-22-10-11-23(13-16(22)17-20-8-9-21(17)3)18(24)14(2)15-6-5-7-19-12-15/h5-9,12,14,16H,4,10-11,13H2,1-3H3. The molecule has 0 aromatic carbocycles. The van der Waals surface area contributed by atoms with E-state index in [1.165, 1.54) is 0 Å². The highest BCUT2D eigenvalue weighted by atomic mass is 16.2. The monoisotopic (exact) mass is 327 g/mol. The summed E-state index contributed by atoms with van der Waals surface area (Å²) in [5.74, 6) is 1.01. The van der Waals surface area contributed by atoms with Crippen molar-refractivity contribution < 1.29 is 4.79 Å². The molecular weight excluding hydrogens is 302 g/mol. The molecule has 1 fully saturated rings. The Morgan fingerprint density at radius 1 is 1.38 bits per heavy atom. The number of imidazole rings is 1. The second-order valence-corrected chi connectivity index (χ2v) is 6.33. The molecule has 0 saturated carbocycles. The summed E-state index contributed by atoms with van der Waals surface area (Å²) in [5, 5.41) is 0. The molecule has 1 saturated heterocycles. The number of rotatable bonds is 4. The van der Waals surface area contributed by atoms with E-state index in [0.717, 1.165) is 31.0 Å². The molecule has 3 rings (SSSR count). The number of pyridine rings is 1. The second kappa shape index (κ2) is 7.13. The van der Waals surface area contributed by atoms with Crippen molar-refractivity contribution in [3.8, 4) is 0 Å². The molecular formula is C18H25N5O. The van der Waals surface area contributed by atoms with E-state index >= 15 is 0 Å². The first-order valence-electron chi connectivity index (χ1n) is 8.51. The van der Waals surface area contributed by atoms with Crippen LogP contribution < -0.4 is 0 Å². The van der Waals surface area contributed by atoms with Crippen molar-refractivity contribution in [3.05, 3.63) is 48.3 Å². The number of aromatic nitrogens is 3. The Morgan fingerprint density at radius 2 is 2.21 bits per heavy atom. The van der Waals surface area contributed by atoms with Crippen molar-refractivity contribution in [1.82, 2.24) is 24.3 Å². The van der Waals surface area contributed by atoms with Gasteiger partial charge in [0.2, 0.25) is 5.91 Å². The highest BCUT2D eigenvalue weighted by molar-refractivity contribution is 5.83. The summed E-state index contributed by atoms with van der Waals surface area (Å²) in [4.78, 5) is 26.0. The summed E-state index contributed by atoms with van der Waals surface area (Å²) >= 11 is 0. The number of likely N-dealkylation sites (N-methyl/N-ethyl adjacent to an activating group) is 1. The van der Waals surface area contributed by atoms with E-state index in [0.29, 0.717) is 6.54 Å². The molecule has 0 aliphatic carbocycles. The fraction of sp³-hybridized carbons (Fsp3) is 0.500. The summed E-state index contributed by atoms with van der Waals surface area (Å²) in [7, 11) is 2.01. The Balaban J connectivity index is 1.77. The van der Waals surface area contributed by atoms with Crippen LogP contribution in [0.4, 0.5) is 0 Å². The normalized spacial score (nSPS) is 20.1. The quantitative estimate of drug-likeness (QED) is 0.860. The van der Waals surface area contributed by atoms with Crippen LogP contribution in [0, 0.1) is 0 Å². The maximum Gasteiger partial charge on any atom is 0.229 e. The van der Waals surface area contributed by atoms with Crippen LogP contribution in [0.1, 0.15) is 37.2 Å². The highest BCUT2D eigenvalue weighted by Gasteiger charge is 2.33. The van der Waals surface area contributed by atoms with Gasteiger partial charge < -0.3 is 9.47 Å². The third-order valence-electron chi connectivity index (χ3n) is 4.92. The number of hydrogen-bond acceptors (Lipinski definition) is 4. The van der Waals surface area contributed by atoms with E-state index in [9.17, 15) is 4.79 Å². The van der Waals surface area contributed by atoms with Crippen molar-refractivity contribution >= 4 is 5.91 Å². The molecule has 0 N–H and O–H groups in total. The molecule has 24 heavy (non-hydrogen) atoms. The molecule has 2 unspecified atom stereocenters. The van der Waals surface area contributed by atoms with Crippen molar-refractivity contribution in [1.29, 1.82) is 0 Å². The van der Waals surface area contributed by atoms with E-state index < -0.39 is 0 Å². The number of piperazine rings is 1. The SMILES string of the molecule is CCN1CCN(C(=O)C(C)c2cccnc2)CC1c1nccn1C. The summed E-state index contributed by atoms with van der Waals surface area (Å²) in [6.07, 6.45) is 7.29. The number of carbonyl (C=O) groups excluding carboxylic acids is 1. The molecule has 0 radical (unpaired) electrons. The fourth-order valence-electron chi connectivity index (χ4n) is 3.39. The van der Waals surface area contributed by atoms with E-state index in [4.69, 9.17) is 0 Å². The van der Waals surface area contributed by atoms with Crippen molar-refractivity contribution in [2.24, 2.45) is 7.05 Å². The minimum Gasteiger partial charge on any atom is -0.339 e. The summed E-state index contributed by atoms with van der Waals surface area (Å²) < 4.78 is 2.05. The van der Waals surface area contributed by atoms with Gasteiger partial charge in [0, 0.05) is 51.5 Å². The lowest BCUT2D eigenvalue weighted by Gasteiger charge is -2.41. The maximum atomic E-state index is 12.9. The number of hydrogen-bond donors (Lipinski definition) is 0. The van der Waals surface area contributed by atoms with Gasteiger partial charge in [0.05, 0.1) is 12.0 Å². The van der Waals surface area contributed by atoms with Gasteiger partial charge in [-0.1, -0.05) is 13.0 Å². The lowest BCUT2D eigenvalue weighted by Crippen LogP contribution is -2.51. The second-order valence-electron chi connectivity index (χ2n) is 6.33. The Labute approximate surface area is 143 Å². The Morgan fingerprint density at radius 3 is 2.83 bits per heavy atom. The molecule has 2 aromatic rings. The van der Waals surface area contributed by atoms with Crippen molar-refractivity contribution in [2.75, 3.05) is 26.2 Å². The van der Waals surface area contributed by atoms with Crippen LogP contribution in [0.15, 0.2) is 36.9 Å². The van der Waals surface area contributed by atoms with Crippen LogP contribution in [-0.4, -0.2) is 56.4 Å². The highest BCUT2D eigenvalue weighted by Crippen LogP contribution is 2.26. The van der Waals surface area contributed by atoms with Crippen molar-refractivity contribution in [2.45, 2.75) is 25.8 Å². The molecule has 3 heterocycles. The van der Waals surface area contributed by atoms with Gasteiger partial charge in [-0.05, 0) is 25.1 Å². The van der Waals surface area contributed by atoms with Gasteiger partial charge in [0.25, 0.3) is 0 Å². The first kappa shape index (κ1) is 16.6. The summed E-state index contributed by atoms with van der Waals surface area (Å²) in [6, 6.07) is 3.99. The molecule has 0 bridgehead atoms. The van der Waals surface area contributed by atoms with Gasteiger partial charge in [0.1, 0.15) is 5.82 Å². The van der Waals surface area contributed by atoms with Gasteiger partial charge in [-0.2, -0.15) is 0 Å². The number of carbonyl (C=O) groups is 1. The number of aryl methyl sites for hydroxylation is 1. The Bertz CT molecular complexity index is 684. The van der Waals surface area contributed by atoms with Gasteiger partial charge in [-0.3, -0.25) is 14.7 Å². The number of nitrogens with zero attached hydrogens (tertiary/aromatic N) is 5. The Kier molecular flexibility index (Phi) is 4.94. The molecule has 2 aromatic heterocycles. The first-order valence-corrected chi connectivity index (χ1v) is 8.51. The lowest BCUT2D eigenvalue weighted by molar-refractivity contribution is -0.135.